The fraction of sp³-hybridized carbons (Fsp3) is 0.500. The molecule has 0 spiro atoms. The van der Waals surface area contributed by atoms with Crippen LogP contribution >= 0.6 is 0 Å². The molecular weight excluding hydrogens is 252 g/mol. The number of aromatic nitrogens is 3. The summed E-state index contributed by atoms with van der Waals surface area (Å²) in [6.07, 6.45) is 0. The van der Waals surface area contributed by atoms with Gasteiger partial charge < -0.3 is 0 Å². The predicted octanol–water partition coefficient (Wildman–Crippen LogP) is -0.798. The van der Waals surface area contributed by atoms with Crippen LogP contribution in [0.4, 0.5) is 0 Å². The minimum absolute atomic E-state index is 0.233. The molecule has 0 aliphatic carbocycles. The van der Waals surface area contributed by atoms with Crippen molar-refractivity contribution >= 4 is 0 Å². The summed E-state index contributed by atoms with van der Waals surface area (Å²) < 4.78 is 0. The first-order chi connectivity index (χ1) is 8.40. The van der Waals surface area contributed by atoms with E-state index in [2.05, 4.69) is 15.4 Å². The Morgan fingerprint density at radius 3 is 1.50 bits per heavy atom. The predicted molar refractivity (Wildman–Crippen MR) is 51.9 cm³/mol. The number of nitro groups is 3. The molecule has 1 rings (SSSR count). The number of rotatable bonds is 6. The highest BCUT2D eigenvalue weighted by molar-refractivity contribution is 5.21. The Kier molecular flexibility index (Phi) is 4.07. The molecule has 0 aromatic carbocycles. The van der Waals surface area contributed by atoms with Crippen molar-refractivity contribution in [1.29, 1.82) is 0 Å². The van der Waals surface area contributed by atoms with Crippen molar-refractivity contribution in [2.24, 2.45) is 0 Å². The zero-order valence-corrected chi connectivity index (χ0v) is 8.75. The molecule has 1 heterocycles. The molecule has 0 radical (unpaired) electrons. The first-order valence-electron chi connectivity index (χ1n) is 4.45. The molecule has 0 atom stereocenters. The molecular formula is C6H6N6O6. The van der Waals surface area contributed by atoms with E-state index in [0.29, 0.717) is 0 Å². The topological polar surface area (TPSA) is 168 Å². The van der Waals surface area contributed by atoms with E-state index in [1.54, 1.807) is 0 Å². The molecule has 0 aliphatic rings. The number of nitrogens with zero attached hydrogens (tertiary/aromatic N) is 6. The molecule has 96 valence electrons. The summed E-state index contributed by atoms with van der Waals surface area (Å²) in [5.41, 5.74) is -0.810. The summed E-state index contributed by atoms with van der Waals surface area (Å²) >= 11 is 0. The lowest BCUT2D eigenvalue weighted by molar-refractivity contribution is -0.507. The van der Waals surface area contributed by atoms with Crippen LogP contribution in [0.3, 0.4) is 0 Å². The molecule has 18 heavy (non-hydrogen) atoms. The van der Waals surface area contributed by atoms with E-state index in [1.807, 2.05) is 0 Å². The Morgan fingerprint density at radius 2 is 1.17 bits per heavy atom. The Labute approximate surface area is 98.1 Å². The van der Waals surface area contributed by atoms with Gasteiger partial charge in [0.2, 0.25) is 19.6 Å². The van der Waals surface area contributed by atoms with Crippen LogP contribution < -0.4 is 0 Å². The average Bonchev–Trinajstić information content (AvgIpc) is 2.20. The van der Waals surface area contributed by atoms with Crippen LogP contribution in [0.15, 0.2) is 0 Å². The lowest BCUT2D eigenvalue weighted by Gasteiger charge is -2.03. The maximum atomic E-state index is 10.4. The third-order valence-electron chi connectivity index (χ3n) is 1.87. The zero-order valence-electron chi connectivity index (χ0n) is 8.75. The fourth-order valence-electron chi connectivity index (χ4n) is 1.23. The van der Waals surface area contributed by atoms with Crippen molar-refractivity contribution in [1.82, 2.24) is 15.4 Å². The van der Waals surface area contributed by atoms with E-state index in [9.17, 15) is 30.3 Å². The molecule has 0 unspecified atom stereocenters. The zero-order chi connectivity index (χ0) is 13.7. The second-order valence-electron chi connectivity index (χ2n) is 3.13. The molecule has 0 saturated carbocycles. The largest absolute Gasteiger partial charge is 0.264 e. The van der Waals surface area contributed by atoms with E-state index >= 15 is 0 Å². The molecule has 0 aliphatic heterocycles. The van der Waals surface area contributed by atoms with Crippen molar-refractivity contribution in [3.63, 3.8) is 0 Å². The van der Waals surface area contributed by atoms with Gasteiger partial charge in [0, 0.05) is 14.8 Å². The monoisotopic (exact) mass is 258 g/mol. The van der Waals surface area contributed by atoms with Gasteiger partial charge in [0.15, 0.2) is 0 Å². The highest BCUT2D eigenvalue weighted by Crippen LogP contribution is 2.12. The standard InChI is InChI=1S/C6H6N6O6/c13-10(14)1-4-5(2-11(15)16)7-9-8-6(4)3-12(17)18/h1-3H2. The third-order valence-corrected chi connectivity index (χ3v) is 1.87. The summed E-state index contributed by atoms with van der Waals surface area (Å²) in [4.78, 5) is 28.8. The van der Waals surface area contributed by atoms with Gasteiger partial charge >= 0.3 is 0 Å². The summed E-state index contributed by atoms with van der Waals surface area (Å²) in [6, 6.07) is 0. The quantitative estimate of drug-likeness (QED) is 0.468. The SMILES string of the molecule is O=[N+]([O-])Cc1nnnc(C[N+](=O)[O-])c1C[N+](=O)[O-]. The van der Waals surface area contributed by atoms with Gasteiger partial charge in [0.05, 0.1) is 5.56 Å². The molecule has 1 aromatic heterocycles. The second-order valence-corrected chi connectivity index (χ2v) is 3.13. The second kappa shape index (κ2) is 5.51. The van der Waals surface area contributed by atoms with Crippen LogP contribution in [0.5, 0.6) is 0 Å². The summed E-state index contributed by atoms with van der Waals surface area (Å²) in [5.74, 6) is 0. The van der Waals surface area contributed by atoms with Gasteiger partial charge in [0.1, 0.15) is 11.4 Å². The first kappa shape index (κ1) is 13.3. The van der Waals surface area contributed by atoms with Gasteiger partial charge in [-0.3, -0.25) is 30.3 Å². The smallest absolute Gasteiger partial charge is 0.248 e. The molecule has 12 heteroatoms. The minimum Gasteiger partial charge on any atom is -0.264 e. The van der Waals surface area contributed by atoms with Crippen LogP contribution in [-0.4, -0.2) is 30.2 Å². The van der Waals surface area contributed by atoms with Gasteiger partial charge in [-0.05, 0) is 5.21 Å². The van der Waals surface area contributed by atoms with Gasteiger partial charge in [0.25, 0.3) is 0 Å². The molecule has 0 N–H and O–H groups in total. The Bertz CT molecular complexity index is 469. The van der Waals surface area contributed by atoms with Crippen molar-refractivity contribution in [3.05, 3.63) is 47.3 Å². The maximum absolute atomic E-state index is 10.4. The summed E-state index contributed by atoms with van der Waals surface area (Å²) in [5, 5.41) is 40.9. The van der Waals surface area contributed by atoms with E-state index in [0.717, 1.165) is 0 Å². The average molecular weight is 258 g/mol. The van der Waals surface area contributed by atoms with Crippen LogP contribution in [-0.2, 0) is 19.6 Å². The normalized spacial score (nSPS) is 10.0. The van der Waals surface area contributed by atoms with Crippen molar-refractivity contribution in [3.8, 4) is 0 Å². The van der Waals surface area contributed by atoms with E-state index in [4.69, 9.17) is 0 Å². The third kappa shape index (κ3) is 3.66. The van der Waals surface area contributed by atoms with Crippen molar-refractivity contribution in [2.45, 2.75) is 19.6 Å². The Balaban J connectivity index is 3.19. The van der Waals surface area contributed by atoms with Crippen LogP contribution in [0.2, 0.25) is 0 Å². The molecule has 1 aromatic rings. The Hall–Kier alpha value is -2.79. The van der Waals surface area contributed by atoms with Crippen molar-refractivity contribution in [2.75, 3.05) is 0 Å². The van der Waals surface area contributed by atoms with E-state index in [-0.39, 0.29) is 17.0 Å². The van der Waals surface area contributed by atoms with Crippen molar-refractivity contribution < 1.29 is 14.8 Å². The lowest BCUT2D eigenvalue weighted by Crippen LogP contribution is -2.16. The number of hydrogen-bond acceptors (Lipinski definition) is 9. The summed E-state index contributed by atoms with van der Waals surface area (Å²) in [6.45, 7) is -2.43. The lowest BCUT2D eigenvalue weighted by atomic mass is 10.1. The van der Waals surface area contributed by atoms with E-state index in [1.165, 1.54) is 0 Å². The maximum Gasteiger partial charge on any atom is 0.248 e. The minimum atomic E-state index is -0.825. The van der Waals surface area contributed by atoms with Gasteiger partial charge in [-0.15, -0.1) is 10.2 Å². The molecule has 0 fully saturated rings. The molecule has 0 bridgehead atoms. The van der Waals surface area contributed by atoms with E-state index < -0.39 is 34.4 Å². The van der Waals surface area contributed by atoms with Gasteiger partial charge in [-0.1, -0.05) is 0 Å². The highest BCUT2D eigenvalue weighted by atomic mass is 16.6. The molecule has 0 saturated heterocycles. The number of hydrogen-bond donors (Lipinski definition) is 0. The Morgan fingerprint density at radius 1 is 0.778 bits per heavy atom. The van der Waals surface area contributed by atoms with Gasteiger partial charge in [-0.25, -0.2) is 0 Å². The molecule has 12 nitrogen and oxygen atoms in total. The van der Waals surface area contributed by atoms with Crippen LogP contribution in [0.25, 0.3) is 0 Å². The van der Waals surface area contributed by atoms with Gasteiger partial charge in [-0.2, -0.15) is 0 Å². The fourth-order valence-corrected chi connectivity index (χ4v) is 1.23. The highest BCUT2D eigenvalue weighted by Gasteiger charge is 2.23. The van der Waals surface area contributed by atoms with Crippen LogP contribution in [0.1, 0.15) is 17.0 Å². The molecule has 0 amide bonds. The summed E-state index contributed by atoms with van der Waals surface area (Å²) in [7, 11) is 0. The van der Waals surface area contributed by atoms with Crippen LogP contribution in [0, 0.1) is 30.3 Å². The first-order valence-corrected chi connectivity index (χ1v) is 4.45.